The summed E-state index contributed by atoms with van der Waals surface area (Å²) in [5.41, 5.74) is 0.930. The molecule has 3 heteroatoms. The third kappa shape index (κ3) is 4.56. The van der Waals surface area contributed by atoms with Gasteiger partial charge in [0, 0.05) is 26.3 Å². The number of hydrogen-bond donors (Lipinski definition) is 0. The van der Waals surface area contributed by atoms with Crippen LogP contribution in [0.25, 0.3) is 0 Å². The molecule has 0 aliphatic carbocycles. The first-order valence-electron chi connectivity index (χ1n) is 3.54. The van der Waals surface area contributed by atoms with E-state index in [4.69, 9.17) is 4.74 Å². The summed E-state index contributed by atoms with van der Waals surface area (Å²) in [7, 11) is 3.49. The molecule has 0 saturated heterocycles. The topological polar surface area (TPSA) is 29.5 Å². The van der Waals surface area contributed by atoms with Gasteiger partial charge in [-0.05, 0) is 0 Å². The van der Waals surface area contributed by atoms with Crippen molar-refractivity contribution in [3.8, 4) is 0 Å². The van der Waals surface area contributed by atoms with Crippen molar-refractivity contribution in [3.05, 3.63) is 12.3 Å². The zero-order valence-electron chi connectivity index (χ0n) is 7.17. The largest absolute Gasteiger partial charge is 0.384 e. The lowest BCUT2D eigenvalue weighted by Gasteiger charge is -2.17. The predicted octanol–water partition coefficient (Wildman–Crippen LogP) is 0.667. The maximum absolute atomic E-state index is 10.1. The molecule has 11 heavy (non-hydrogen) atoms. The number of ether oxygens (including phenoxy) is 1. The maximum Gasteiger partial charge on any atom is 0.139 e. The van der Waals surface area contributed by atoms with Crippen molar-refractivity contribution in [1.29, 1.82) is 0 Å². The van der Waals surface area contributed by atoms with Crippen molar-refractivity contribution >= 4 is 6.29 Å². The van der Waals surface area contributed by atoms with Crippen LogP contribution in [0.15, 0.2) is 12.3 Å². The number of likely N-dealkylation sites (N-methyl/N-ethyl adjacent to an activating group) is 1. The van der Waals surface area contributed by atoms with Crippen LogP contribution >= 0.6 is 0 Å². The number of methoxy groups -OCH3 is 1. The third-order valence-corrected chi connectivity index (χ3v) is 1.48. The van der Waals surface area contributed by atoms with Crippen molar-refractivity contribution in [3.63, 3.8) is 0 Å². The van der Waals surface area contributed by atoms with E-state index in [0.717, 1.165) is 18.4 Å². The Kier molecular flexibility index (Phi) is 5.47. The lowest BCUT2D eigenvalue weighted by atomic mass is 10.3. The van der Waals surface area contributed by atoms with Crippen LogP contribution in [0.5, 0.6) is 0 Å². The second kappa shape index (κ2) is 5.92. The van der Waals surface area contributed by atoms with Gasteiger partial charge in [0.15, 0.2) is 0 Å². The molecular formula is C8H15NO2. The van der Waals surface area contributed by atoms with Gasteiger partial charge in [0.2, 0.25) is 0 Å². The van der Waals surface area contributed by atoms with Crippen LogP contribution in [0.1, 0.15) is 6.42 Å². The van der Waals surface area contributed by atoms with Gasteiger partial charge in [-0.15, -0.1) is 0 Å². The van der Waals surface area contributed by atoms with E-state index in [-0.39, 0.29) is 0 Å². The zero-order chi connectivity index (χ0) is 8.69. The second-order valence-corrected chi connectivity index (χ2v) is 2.36. The monoisotopic (exact) mass is 157 g/mol. The molecule has 0 spiro atoms. The van der Waals surface area contributed by atoms with Gasteiger partial charge >= 0.3 is 0 Å². The summed E-state index contributed by atoms with van der Waals surface area (Å²) < 4.78 is 4.86. The lowest BCUT2D eigenvalue weighted by molar-refractivity contribution is -0.108. The molecule has 0 saturated carbocycles. The van der Waals surface area contributed by atoms with E-state index in [0.29, 0.717) is 13.2 Å². The first-order valence-corrected chi connectivity index (χ1v) is 3.54. The standard InChI is InChI=1S/C8H15NO2/c1-8(4-7-11-3)9(2)5-6-10/h6H,1,4-5,7H2,2-3H3. The predicted molar refractivity (Wildman–Crippen MR) is 44.3 cm³/mol. The quantitative estimate of drug-likeness (QED) is 0.531. The van der Waals surface area contributed by atoms with E-state index >= 15 is 0 Å². The molecule has 0 radical (unpaired) electrons. The Bertz CT molecular complexity index is 134. The smallest absolute Gasteiger partial charge is 0.139 e. The van der Waals surface area contributed by atoms with E-state index in [9.17, 15) is 4.79 Å². The molecule has 0 rings (SSSR count). The Morgan fingerprint density at radius 1 is 1.73 bits per heavy atom. The second-order valence-electron chi connectivity index (χ2n) is 2.36. The Morgan fingerprint density at radius 3 is 2.82 bits per heavy atom. The summed E-state index contributed by atoms with van der Waals surface area (Å²) in [6, 6.07) is 0. The minimum absolute atomic E-state index is 0.405. The number of carbonyl (C=O) groups is 1. The fourth-order valence-corrected chi connectivity index (χ4v) is 0.652. The van der Waals surface area contributed by atoms with Gasteiger partial charge in [0.05, 0.1) is 13.2 Å². The fourth-order valence-electron chi connectivity index (χ4n) is 0.652. The van der Waals surface area contributed by atoms with Gasteiger partial charge in [-0.3, -0.25) is 0 Å². The highest BCUT2D eigenvalue weighted by atomic mass is 16.5. The molecule has 0 aliphatic rings. The SMILES string of the molecule is C=C(CCOC)N(C)CC=O. The number of rotatable bonds is 6. The average molecular weight is 157 g/mol. The Hall–Kier alpha value is -0.830. The van der Waals surface area contributed by atoms with Gasteiger partial charge < -0.3 is 14.4 Å². The van der Waals surface area contributed by atoms with E-state index < -0.39 is 0 Å². The summed E-state index contributed by atoms with van der Waals surface area (Å²) in [5.74, 6) is 0. The molecule has 0 amide bonds. The van der Waals surface area contributed by atoms with Gasteiger partial charge in [-0.1, -0.05) is 6.58 Å². The number of aldehydes is 1. The molecule has 0 aliphatic heterocycles. The van der Waals surface area contributed by atoms with E-state index in [1.54, 1.807) is 7.11 Å². The molecule has 64 valence electrons. The Labute approximate surface area is 67.6 Å². The first kappa shape index (κ1) is 10.2. The normalized spacial score (nSPS) is 9.27. The lowest BCUT2D eigenvalue weighted by Crippen LogP contribution is -2.19. The summed E-state index contributed by atoms with van der Waals surface area (Å²) in [6.45, 7) is 4.86. The number of hydrogen-bond acceptors (Lipinski definition) is 3. The van der Waals surface area contributed by atoms with Crippen molar-refractivity contribution in [2.45, 2.75) is 6.42 Å². The Balaban J connectivity index is 3.54. The molecule has 0 atom stereocenters. The molecule has 0 aromatic carbocycles. The average Bonchev–Trinajstić information content (AvgIpc) is 2.00. The molecule has 3 nitrogen and oxygen atoms in total. The minimum Gasteiger partial charge on any atom is -0.384 e. The minimum atomic E-state index is 0.405. The van der Waals surface area contributed by atoms with Crippen molar-refractivity contribution in [1.82, 2.24) is 4.90 Å². The molecule has 0 aromatic heterocycles. The summed E-state index contributed by atoms with van der Waals surface area (Å²) in [5, 5.41) is 0. The van der Waals surface area contributed by atoms with Crippen LogP contribution in [0.3, 0.4) is 0 Å². The molecule has 0 unspecified atom stereocenters. The third-order valence-electron chi connectivity index (χ3n) is 1.48. The van der Waals surface area contributed by atoms with E-state index in [2.05, 4.69) is 6.58 Å². The summed E-state index contributed by atoms with van der Waals surface area (Å²) >= 11 is 0. The highest BCUT2D eigenvalue weighted by Crippen LogP contribution is 2.01. The fraction of sp³-hybridized carbons (Fsp3) is 0.625. The molecular weight excluding hydrogens is 142 g/mol. The zero-order valence-corrected chi connectivity index (χ0v) is 7.17. The molecule has 0 heterocycles. The Morgan fingerprint density at radius 2 is 2.36 bits per heavy atom. The highest BCUT2D eigenvalue weighted by Gasteiger charge is 1.99. The summed E-state index contributed by atoms with van der Waals surface area (Å²) in [6.07, 6.45) is 1.64. The summed E-state index contributed by atoms with van der Waals surface area (Å²) in [4.78, 5) is 11.9. The molecule has 0 fully saturated rings. The molecule has 0 N–H and O–H groups in total. The van der Waals surface area contributed by atoms with Crippen molar-refractivity contribution in [2.24, 2.45) is 0 Å². The molecule has 0 aromatic rings. The number of carbonyl (C=O) groups excluding carboxylic acids is 1. The van der Waals surface area contributed by atoms with Crippen LogP contribution in [-0.4, -0.2) is 38.5 Å². The van der Waals surface area contributed by atoms with Gasteiger partial charge in [-0.25, -0.2) is 0 Å². The van der Waals surface area contributed by atoms with Crippen LogP contribution in [0.2, 0.25) is 0 Å². The number of nitrogens with zero attached hydrogens (tertiary/aromatic N) is 1. The highest BCUT2D eigenvalue weighted by molar-refractivity contribution is 5.52. The van der Waals surface area contributed by atoms with Gasteiger partial charge in [0.25, 0.3) is 0 Å². The van der Waals surface area contributed by atoms with Gasteiger partial charge in [-0.2, -0.15) is 0 Å². The van der Waals surface area contributed by atoms with Crippen LogP contribution < -0.4 is 0 Å². The molecule has 0 bridgehead atoms. The van der Waals surface area contributed by atoms with Crippen LogP contribution in [0, 0.1) is 0 Å². The maximum atomic E-state index is 10.1. The van der Waals surface area contributed by atoms with E-state index in [1.165, 1.54) is 0 Å². The van der Waals surface area contributed by atoms with Gasteiger partial charge in [0.1, 0.15) is 6.29 Å². The van der Waals surface area contributed by atoms with Crippen molar-refractivity contribution < 1.29 is 9.53 Å². The first-order chi connectivity index (χ1) is 5.22. The van der Waals surface area contributed by atoms with E-state index in [1.807, 2.05) is 11.9 Å². The van der Waals surface area contributed by atoms with Crippen LogP contribution in [0.4, 0.5) is 0 Å². The van der Waals surface area contributed by atoms with Crippen molar-refractivity contribution in [2.75, 3.05) is 27.3 Å². The van der Waals surface area contributed by atoms with Crippen LogP contribution in [-0.2, 0) is 9.53 Å².